The van der Waals surface area contributed by atoms with Crippen LogP contribution >= 0.6 is 11.6 Å². The smallest absolute Gasteiger partial charge is 0.320 e. The molecular weight excluding hydrogens is 238 g/mol. The summed E-state index contributed by atoms with van der Waals surface area (Å²) < 4.78 is 9.93. The lowest BCUT2D eigenvalue weighted by Gasteiger charge is -2.34. The zero-order valence-corrected chi connectivity index (χ0v) is 9.14. The largest absolute Gasteiger partial charge is 0.453 e. The Balaban J connectivity index is 2.34. The molecule has 0 aromatic heterocycles. The number of fused-ring (bicyclic) bond motifs is 1. The number of methoxy groups -OCH3 is 1. The number of nitrogens with zero attached hydrogens (tertiary/aromatic N) is 1. The third-order valence-electron chi connectivity index (χ3n) is 2.40. The zero-order valence-electron chi connectivity index (χ0n) is 8.38. The predicted octanol–water partition coefficient (Wildman–Crippen LogP) is 0.306. The molecule has 2 rings (SSSR count). The fraction of sp³-hybridized carbons (Fsp3) is 0.444. The summed E-state index contributed by atoms with van der Waals surface area (Å²) in [5, 5.41) is 17.9. The van der Waals surface area contributed by atoms with E-state index in [0.29, 0.717) is 5.06 Å². The van der Waals surface area contributed by atoms with E-state index < -0.39 is 17.3 Å². The molecule has 1 aliphatic heterocycles. The molecule has 2 unspecified atom stereocenters. The van der Waals surface area contributed by atoms with Gasteiger partial charge in [0.1, 0.15) is 11.5 Å². The highest BCUT2D eigenvalue weighted by Crippen LogP contribution is 2.36. The molecule has 7 heteroatoms. The van der Waals surface area contributed by atoms with Gasteiger partial charge in [-0.25, -0.2) is 0 Å². The van der Waals surface area contributed by atoms with Crippen molar-refractivity contribution in [3.63, 3.8) is 0 Å². The highest BCUT2D eigenvalue weighted by molar-refractivity contribution is 6.24. The van der Waals surface area contributed by atoms with Crippen LogP contribution < -0.4 is 0 Å². The van der Waals surface area contributed by atoms with Crippen molar-refractivity contribution in [2.45, 2.75) is 17.8 Å². The van der Waals surface area contributed by atoms with Gasteiger partial charge < -0.3 is 14.6 Å². The Hall–Kier alpha value is -1.08. The normalized spacial score (nSPS) is 33.9. The second-order valence-corrected chi connectivity index (χ2v) is 4.05. The number of carbonyl (C=O) groups excluding carboxylic acids is 1. The minimum atomic E-state index is -1.73. The van der Waals surface area contributed by atoms with E-state index in [1.54, 1.807) is 0 Å². The number of amides is 1. The van der Waals surface area contributed by atoms with Gasteiger partial charge >= 0.3 is 5.91 Å². The summed E-state index contributed by atoms with van der Waals surface area (Å²) in [5.74, 6) is -0.833. The molecule has 1 aliphatic carbocycles. The van der Waals surface area contributed by atoms with Crippen molar-refractivity contribution in [1.82, 2.24) is 5.06 Å². The van der Waals surface area contributed by atoms with Gasteiger partial charge in [-0.05, 0) is 6.08 Å². The first-order valence-corrected chi connectivity index (χ1v) is 4.90. The van der Waals surface area contributed by atoms with Crippen molar-refractivity contribution in [1.29, 1.82) is 0 Å². The van der Waals surface area contributed by atoms with E-state index in [1.165, 1.54) is 19.3 Å². The fourth-order valence-corrected chi connectivity index (χ4v) is 1.66. The molecule has 0 aromatic rings. The quantitative estimate of drug-likeness (QED) is 0.515. The first-order valence-electron chi connectivity index (χ1n) is 4.52. The maximum atomic E-state index is 11.2. The number of hydrogen-bond donors (Lipinski definition) is 2. The Morgan fingerprint density at radius 2 is 2.44 bits per heavy atom. The van der Waals surface area contributed by atoms with Gasteiger partial charge in [-0.2, -0.15) is 5.06 Å². The number of ether oxygens (including phenoxy) is 2. The lowest BCUT2D eigenvalue weighted by atomic mass is 10.1. The Kier molecular flexibility index (Phi) is 2.67. The van der Waals surface area contributed by atoms with Crippen LogP contribution in [0.4, 0.5) is 0 Å². The number of morpholine rings is 1. The van der Waals surface area contributed by atoms with Crippen molar-refractivity contribution in [2.75, 3.05) is 7.11 Å². The number of rotatable bonds is 1. The topological polar surface area (TPSA) is 79.2 Å². The molecule has 16 heavy (non-hydrogen) atoms. The Bertz CT molecular complexity index is 393. The van der Waals surface area contributed by atoms with Gasteiger partial charge in [-0.15, -0.1) is 0 Å². The average molecular weight is 248 g/mol. The number of hydrogen-bond acceptors (Lipinski definition) is 5. The van der Waals surface area contributed by atoms with Crippen molar-refractivity contribution in [3.8, 4) is 0 Å². The van der Waals surface area contributed by atoms with Gasteiger partial charge in [0.15, 0.2) is 5.06 Å². The van der Waals surface area contributed by atoms with Gasteiger partial charge in [-0.1, -0.05) is 11.6 Å². The van der Waals surface area contributed by atoms with Crippen LogP contribution in [0.1, 0.15) is 6.42 Å². The molecule has 0 spiro atoms. The molecule has 6 nitrogen and oxygen atoms in total. The van der Waals surface area contributed by atoms with Crippen LogP contribution in [0.15, 0.2) is 23.6 Å². The van der Waals surface area contributed by atoms with Gasteiger partial charge in [-0.3, -0.25) is 10.0 Å². The molecule has 1 amide bonds. The fourth-order valence-electron chi connectivity index (χ4n) is 1.49. The van der Waals surface area contributed by atoms with Crippen molar-refractivity contribution >= 4 is 17.5 Å². The van der Waals surface area contributed by atoms with Crippen molar-refractivity contribution < 1.29 is 24.6 Å². The number of hydroxylamine groups is 2. The third kappa shape index (κ3) is 1.69. The minimum Gasteiger partial charge on any atom is -0.453 e. The standard InChI is InChI=1S/C9H10ClNO5/c1-15-9(10)3-2-5-6(4-9)16-8(13)7(12)11(5)14/h2,4,8,13-14H,3H2,1H3. The highest BCUT2D eigenvalue weighted by Gasteiger charge is 2.40. The molecule has 1 saturated heterocycles. The van der Waals surface area contributed by atoms with Crippen LogP contribution in [-0.4, -0.2) is 39.7 Å². The zero-order chi connectivity index (χ0) is 11.9. The molecule has 2 N–H and O–H groups in total. The molecular formula is C9H10ClNO5. The molecule has 0 aromatic carbocycles. The van der Waals surface area contributed by atoms with E-state index in [9.17, 15) is 15.1 Å². The summed E-state index contributed by atoms with van der Waals surface area (Å²) in [7, 11) is 1.42. The average Bonchev–Trinajstić information content (AvgIpc) is 2.26. The number of halogens is 1. The maximum absolute atomic E-state index is 11.2. The second kappa shape index (κ2) is 3.74. The Morgan fingerprint density at radius 1 is 1.75 bits per heavy atom. The number of aliphatic hydroxyl groups excluding tert-OH is 1. The van der Waals surface area contributed by atoms with Crippen LogP contribution in [0.25, 0.3) is 0 Å². The molecule has 1 heterocycles. The predicted molar refractivity (Wildman–Crippen MR) is 52.1 cm³/mol. The number of aliphatic hydroxyl groups is 1. The summed E-state index contributed by atoms with van der Waals surface area (Å²) in [4.78, 5) is 11.2. The van der Waals surface area contributed by atoms with E-state index in [4.69, 9.17) is 21.1 Å². The van der Waals surface area contributed by atoms with Crippen LogP contribution in [0.2, 0.25) is 0 Å². The third-order valence-corrected chi connectivity index (χ3v) is 2.82. The summed E-state index contributed by atoms with van der Waals surface area (Å²) in [6, 6.07) is 0. The van der Waals surface area contributed by atoms with E-state index in [-0.39, 0.29) is 17.9 Å². The van der Waals surface area contributed by atoms with Gasteiger partial charge in [0.25, 0.3) is 6.29 Å². The first kappa shape index (κ1) is 11.4. The van der Waals surface area contributed by atoms with E-state index in [0.717, 1.165) is 0 Å². The first-order chi connectivity index (χ1) is 7.47. The SMILES string of the molecule is COC1(Cl)C=C2OC(O)C(=O)N(O)C2=CC1. The van der Waals surface area contributed by atoms with Crippen LogP contribution in [0, 0.1) is 0 Å². The van der Waals surface area contributed by atoms with E-state index in [2.05, 4.69) is 0 Å². The molecule has 2 atom stereocenters. The molecule has 1 fully saturated rings. The monoisotopic (exact) mass is 247 g/mol. The Labute approximate surface area is 96.3 Å². The van der Waals surface area contributed by atoms with Gasteiger partial charge in [0.05, 0.1) is 0 Å². The van der Waals surface area contributed by atoms with Gasteiger partial charge in [0, 0.05) is 19.6 Å². The molecule has 2 aliphatic rings. The Morgan fingerprint density at radius 3 is 3.06 bits per heavy atom. The maximum Gasteiger partial charge on any atom is 0.320 e. The van der Waals surface area contributed by atoms with Gasteiger partial charge in [0.2, 0.25) is 0 Å². The second-order valence-electron chi connectivity index (χ2n) is 3.41. The molecule has 0 bridgehead atoms. The summed E-state index contributed by atoms with van der Waals surface area (Å²) in [5.41, 5.74) is 0.156. The van der Waals surface area contributed by atoms with Crippen molar-refractivity contribution in [2.24, 2.45) is 0 Å². The van der Waals surface area contributed by atoms with Crippen molar-refractivity contribution in [3.05, 3.63) is 23.6 Å². The van der Waals surface area contributed by atoms with Crippen LogP contribution in [-0.2, 0) is 14.3 Å². The summed E-state index contributed by atoms with van der Waals surface area (Å²) in [6.07, 6.45) is 1.43. The minimum absolute atomic E-state index is 0.109. The van der Waals surface area contributed by atoms with E-state index >= 15 is 0 Å². The lowest BCUT2D eigenvalue weighted by Crippen LogP contribution is -2.45. The van der Waals surface area contributed by atoms with Crippen LogP contribution in [0.3, 0.4) is 0 Å². The molecule has 0 saturated carbocycles. The molecule has 0 radical (unpaired) electrons. The summed E-state index contributed by atoms with van der Waals surface area (Å²) >= 11 is 6.02. The summed E-state index contributed by atoms with van der Waals surface area (Å²) in [6.45, 7) is 0. The number of carbonyl (C=O) groups is 1. The molecule has 88 valence electrons. The highest BCUT2D eigenvalue weighted by atomic mass is 35.5. The lowest BCUT2D eigenvalue weighted by molar-refractivity contribution is -0.199. The van der Waals surface area contributed by atoms with E-state index in [1.807, 2.05) is 0 Å². The number of alkyl halides is 1. The van der Waals surface area contributed by atoms with Crippen LogP contribution in [0.5, 0.6) is 0 Å².